The third-order valence-corrected chi connectivity index (χ3v) is 3.15. The topological polar surface area (TPSA) is 24.5 Å². The summed E-state index contributed by atoms with van der Waals surface area (Å²) in [5.41, 5.74) is 0. The maximum absolute atomic E-state index is 5.72. The number of rotatable bonds is 2. The van der Waals surface area contributed by atoms with Crippen LogP contribution in [0.25, 0.3) is 0 Å². The van der Waals surface area contributed by atoms with Crippen LogP contribution < -0.4 is 5.32 Å². The van der Waals surface area contributed by atoms with Gasteiger partial charge in [0, 0.05) is 19.1 Å². The van der Waals surface area contributed by atoms with Gasteiger partial charge in [-0.15, -0.1) is 0 Å². The van der Waals surface area contributed by atoms with E-state index in [4.69, 9.17) is 4.74 Å². The lowest BCUT2D eigenvalue weighted by atomic mass is 10.1. The zero-order chi connectivity index (χ0) is 9.10. The summed E-state index contributed by atoms with van der Waals surface area (Å²) in [6, 6.07) is 0. The molecule has 0 amide bonds. The van der Waals surface area contributed by atoms with E-state index < -0.39 is 0 Å². The summed E-state index contributed by atoms with van der Waals surface area (Å²) in [4.78, 5) is 2.50. The van der Waals surface area contributed by atoms with Crippen molar-refractivity contribution in [2.24, 2.45) is 5.92 Å². The molecular formula is C10H20N2O. The van der Waals surface area contributed by atoms with Gasteiger partial charge in [-0.3, -0.25) is 5.32 Å². The second-order valence-corrected chi connectivity index (χ2v) is 4.04. The van der Waals surface area contributed by atoms with Crippen molar-refractivity contribution in [2.75, 3.05) is 32.8 Å². The van der Waals surface area contributed by atoms with Crippen LogP contribution in [-0.2, 0) is 4.74 Å². The van der Waals surface area contributed by atoms with Crippen molar-refractivity contribution in [3.05, 3.63) is 0 Å². The van der Waals surface area contributed by atoms with Crippen LogP contribution >= 0.6 is 0 Å². The van der Waals surface area contributed by atoms with Crippen molar-refractivity contribution >= 4 is 0 Å². The fourth-order valence-electron chi connectivity index (χ4n) is 2.29. The molecular weight excluding hydrogens is 164 g/mol. The molecule has 2 rings (SSSR count). The molecule has 0 bridgehead atoms. The van der Waals surface area contributed by atoms with Crippen molar-refractivity contribution in [3.8, 4) is 0 Å². The van der Waals surface area contributed by atoms with E-state index in [0.29, 0.717) is 6.23 Å². The quantitative estimate of drug-likeness (QED) is 0.682. The van der Waals surface area contributed by atoms with E-state index in [-0.39, 0.29) is 0 Å². The van der Waals surface area contributed by atoms with Gasteiger partial charge >= 0.3 is 0 Å². The highest BCUT2D eigenvalue weighted by atomic mass is 16.5. The predicted octanol–water partition coefficient (Wildman–Crippen LogP) is 0.664. The number of nitrogens with one attached hydrogen (secondary N) is 1. The molecule has 0 aromatic rings. The van der Waals surface area contributed by atoms with Crippen LogP contribution in [0.1, 0.15) is 19.8 Å². The molecule has 2 aliphatic heterocycles. The standard InChI is InChI=1S/C10H20N2O/c1-2-12-6-4-9(8-12)10-11-5-3-7-13-10/h9-11H,2-8H2,1H3. The zero-order valence-corrected chi connectivity index (χ0v) is 8.46. The van der Waals surface area contributed by atoms with Crippen molar-refractivity contribution in [3.63, 3.8) is 0 Å². The smallest absolute Gasteiger partial charge is 0.112 e. The summed E-state index contributed by atoms with van der Waals surface area (Å²) < 4.78 is 5.72. The molecule has 76 valence electrons. The molecule has 3 nitrogen and oxygen atoms in total. The number of ether oxygens (including phenoxy) is 1. The highest BCUT2D eigenvalue weighted by molar-refractivity contribution is 4.81. The predicted molar refractivity (Wildman–Crippen MR) is 52.6 cm³/mol. The van der Waals surface area contributed by atoms with E-state index in [9.17, 15) is 0 Å². The minimum absolute atomic E-state index is 0.338. The van der Waals surface area contributed by atoms with Crippen LogP contribution in [0.5, 0.6) is 0 Å². The Bertz CT molecular complexity index is 157. The Hall–Kier alpha value is -0.120. The van der Waals surface area contributed by atoms with Crippen molar-refractivity contribution in [1.29, 1.82) is 0 Å². The molecule has 3 heteroatoms. The Morgan fingerprint density at radius 3 is 3.08 bits per heavy atom. The highest BCUT2D eigenvalue weighted by Gasteiger charge is 2.30. The normalized spacial score (nSPS) is 36.7. The lowest BCUT2D eigenvalue weighted by Crippen LogP contribution is -2.44. The minimum Gasteiger partial charge on any atom is -0.363 e. The highest BCUT2D eigenvalue weighted by Crippen LogP contribution is 2.21. The largest absolute Gasteiger partial charge is 0.363 e. The minimum atomic E-state index is 0.338. The second-order valence-electron chi connectivity index (χ2n) is 4.04. The number of likely N-dealkylation sites (tertiary alicyclic amines) is 1. The maximum Gasteiger partial charge on any atom is 0.112 e. The Balaban J connectivity index is 1.80. The third kappa shape index (κ3) is 2.22. The first kappa shape index (κ1) is 9.44. The molecule has 13 heavy (non-hydrogen) atoms. The Labute approximate surface area is 80.4 Å². The molecule has 0 saturated carbocycles. The molecule has 2 fully saturated rings. The first-order valence-corrected chi connectivity index (χ1v) is 5.47. The van der Waals surface area contributed by atoms with Gasteiger partial charge in [0.1, 0.15) is 6.23 Å². The molecule has 0 spiro atoms. The lowest BCUT2D eigenvalue weighted by molar-refractivity contribution is -0.0329. The van der Waals surface area contributed by atoms with Crippen LogP contribution in [0.15, 0.2) is 0 Å². The summed E-state index contributed by atoms with van der Waals surface area (Å²) in [5.74, 6) is 0.722. The van der Waals surface area contributed by atoms with E-state index in [1.165, 1.54) is 32.5 Å². The molecule has 0 aliphatic carbocycles. The average molecular weight is 184 g/mol. The van der Waals surface area contributed by atoms with Crippen molar-refractivity contribution in [2.45, 2.75) is 26.0 Å². The van der Waals surface area contributed by atoms with Gasteiger partial charge in [-0.05, 0) is 32.5 Å². The van der Waals surface area contributed by atoms with E-state index in [0.717, 1.165) is 19.1 Å². The molecule has 0 radical (unpaired) electrons. The van der Waals surface area contributed by atoms with E-state index in [1.54, 1.807) is 0 Å². The molecule has 2 unspecified atom stereocenters. The van der Waals surface area contributed by atoms with Gasteiger partial charge < -0.3 is 9.64 Å². The van der Waals surface area contributed by atoms with Gasteiger partial charge in [-0.25, -0.2) is 0 Å². The molecule has 1 N–H and O–H groups in total. The summed E-state index contributed by atoms with van der Waals surface area (Å²) in [6.45, 7) is 7.96. The van der Waals surface area contributed by atoms with Crippen LogP contribution in [0.2, 0.25) is 0 Å². The maximum atomic E-state index is 5.72. The monoisotopic (exact) mass is 184 g/mol. The van der Waals surface area contributed by atoms with Gasteiger partial charge in [0.2, 0.25) is 0 Å². The van der Waals surface area contributed by atoms with Gasteiger partial charge in [-0.2, -0.15) is 0 Å². The van der Waals surface area contributed by atoms with E-state index in [1.807, 2.05) is 0 Å². The molecule has 2 heterocycles. The first-order chi connectivity index (χ1) is 6.40. The first-order valence-electron chi connectivity index (χ1n) is 5.47. The van der Waals surface area contributed by atoms with E-state index in [2.05, 4.69) is 17.1 Å². The molecule has 0 aromatic heterocycles. The second kappa shape index (κ2) is 4.40. The van der Waals surface area contributed by atoms with Gasteiger partial charge in [-0.1, -0.05) is 6.92 Å². The summed E-state index contributed by atoms with van der Waals surface area (Å²) >= 11 is 0. The van der Waals surface area contributed by atoms with Gasteiger partial charge in [0.25, 0.3) is 0 Å². The molecule has 2 saturated heterocycles. The number of nitrogens with zero attached hydrogens (tertiary/aromatic N) is 1. The zero-order valence-electron chi connectivity index (χ0n) is 8.46. The summed E-state index contributed by atoms with van der Waals surface area (Å²) in [5, 5.41) is 3.46. The van der Waals surface area contributed by atoms with Gasteiger partial charge in [0.05, 0.1) is 0 Å². The van der Waals surface area contributed by atoms with Crippen LogP contribution in [-0.4, -0.2) is 43.9 Å². The Morgan fingerprint density at radius 1 is 1.54 bits per heavy atom. The van der Waals surface area contributed by atoms with Gasteiger partial charge in [0.15, 0.2) is 0 Å². The molecule has 2 aliphatic rings. The fourth-order valence-corrected chi connectivity index (χ4v) is 2.29. The Morgan fingerprint density at radius 2 is 2.46 bits per heavy atom. The summed E-state index contributed by atoms with van der Waals surface area (Å²) in [6.07, 6.45) is 2.80. The van der Waals surface area contributed by atoms with E-state index >= 15 is 0 Å². The van der Waals surface area contributed by atoms with Crippen molar-refractivity contribution < 1.29 is 4.74 Å². The molecule has 0 aromatic carbocycles. The third-order valence-electron chi connectivity index (χ3n) is 3.15. The van der Waals surface area contributed by atoms with Crippen LogP contribution in [0.3, 0.4) is 0 Å². The number of hydrogen-bond donors (Lipinski definition) is 1. The van der Waals surface area contributed by atoms with Crippen LogP contribution in [0.4, 0.5) is 0 Å². The summed E-state index contributed by atoms with van der Waals surface area (Å²) in [7, 11) is 0. The average Bonchev–Trinajstić information content (AvgIpc) is 2.67. The lowest BCUT2D eigenvalue weighted by Gasteiger charge is -2.29. The SMILES string of the molecule is CCN1CCC(C2NCCCO2)C1. The fraction of sp³-hybridized carbons (Fsp3) is 1.00. The number of hydrogen-bond acceptors (Lipinski definition) is 3. The molecule has 2 atom stereocenters. The Kier molecular flexibility index (Phi) is 3.19. The van der Waals surface area contributed by atoms with Crippen molar-refractivity contribution in [1.82, 2.24) is 10.2 Å². The van der Waals surface area contributed by atoms with Crippen LogP contribution in [0, 0.1) is 5.92 Å².